The fraction of sp³-hybridized carbons (Fsp3) is 0.167. The van der Waals surface area contributed by atoms with Crippen molar-refractivity contribution in [2.75, 3.05) is 5.32 Å². The van der Waals surface area contributed by atoms with E-state index in [9.17, 15) is 19.5 Å². The monoisotopic (exact) mass is 358 g/mol. The number of rotatable bonds is 6. The summed E-state index contributed by atoms with van der Waals surface area (Å²) in [5.41, 5.74) is 0.646. The van der Waals surface area contributed by atoms with Crippen molar-refractivity contribution >= 4 is 23.7 Å². The number of aromatic hydroxyl groups is 1. The third-order valence-corrected chi connectivity index (χ3v) is 3.43. The molecule has 0 bridgehead atoms. The van der Waals surface area contributed by atoms with Gasteiger partial charge in [-0.05, 0) is 30.7 Å². The van der Waals surface area contributed by atoms with Gasteiger partial charge in [0.25, 0.3) is 0 Å². The lowest BCUT2D eigenvalue weighted by atomic mass is 10.1. The highest BCUT2D eigenvalue weighted by molar-refractivity contribution is 5.98. The van der Waals surface area contributed by atoms with Crippen LogP contribution in [0.1, 0.15) is 22.8 Å². The minimum atomic E-state index is -1.32. The molecule has 0 aliphatic carbocycles. The van der Waals surface area contributed by atoms with Gasteiger partial charge in [0.15, 0.2) is 0 Å². The van der Waals surface area contributed by atoms with Gasteiger partial charge in [0, 0.05) is 5.69 Å². The molecule has 26 heavy (non-hydrogen) atoms. The van der Waals surface area contributed by atoms with Crippen LogP contribution in [0.5, 0.6) is 5.75 Å². The van der Waals surface area contributed by atoms with E-state index in [0.29, 0.717) is 0 Å². The first-order chi connectivity index (χ1) is 12.4. The smallest absolute Gasteiger partial charge is 0.408 e. The molecular weight excluding hydrogens is 340 g/mol. The van der Waals surface area contributed by atoms with E-state index in [0.717, 1.165) is 17.7 Å². The van der Waals surface area contributed by atoms with Crippen LogP contribution in [0.4, 0.5) is 10.5 Å². The Morgan fingerprint density at radius 3 is 2.46 bits per heavy atom. The van der Waals surface area contributed by atoms with E-state index in [2.05, 4.69) is 10.6 Å². The van der Waals surface area contributed by atoms with Crippen LogP contribution < -0.4 is 10.6 Å². The number of carboxylic acid groups (broad SMARTS) is 1. The number of alkyl carbamates (subject to hydrolysis) is 1. The zero-order valence-electron chi connectivity index (χ0n) is 13.9. The molecule has 8 heteroatoms. The lowest BCUT2D eigenvalue weighted by molar-refractivity contribution is -0.117. The van der Waals surface area contributed by atoms with Crippen LogP contribution in [0, 0.1) is 0 Å². The fourth-order valence-electron chi connectivity index (χ4n) is 2.04. The van der Waals surface area contributed by atoms with Gasteiger partial charge in [-0.2, -0.15) is 0 Å². The van der Waals surface area contributed by atoms with Crippen LogP contribution in [0.15, 0.2) is 48.5 Å². The number of nitrogens with one attached hydrogen (secondary N) is 2. The summed E-state index contributed by atoms with van der Waals surface area (Å²) in [6.07, 6.45) is -0.756. The highest BCUT2D eigenvalue weighted by Crippen LogP contribution is 2.21. The Bertz CT molecular complexity index is 807. The van der Waals surface area contributed by atoms with Crippen molar-refractivity contribution in [2.45, 2.75) is 19.6 Å². The number of carboxylic acids is 1. The summed E-state index contributed by atoms with van der Waals surface area (Å²) >= 11 is 0. The number of hydrogen-bond acceptors (Lipinski definition) is 5. The lowest BCUT2D eigenvalue weighted by Gasteiger charge is -2.14. The number of aromatic carboxylic acids is 1. The molecule has 0 aliphatic rings. The van der Waals surface area contributed by atoms with Crippen LogP contribution >= 0.6 is 0 Å². The summed E-state index contributed by atoms with van der Waals surface area (Å²) in [5, 5.41) is 23.3. The lowest BCUT2D eigenvalue weighted by Crippen LogP contribution is -2.41. The maximum atomic E-state index is 12.1. The molecule has 0 spiro atoms. The average Bonchev–Trinajstić information content (AvgIpc) is 2.62. The minimum Gasteiger partial charge on any atom is -0.507 e. The van der Waals surface area contributed by atoms with Gasteiger partial charge in [-0.15, -0.1) is 0 Å². The first-order valence-corrected chi connectivity index (χ1v) is 7.71. The molecule has 1 unspecified atom stereocenters. The van der Waals surface area contributed by atoms with Crippen LogP contribution in [0.25, 0.3) is 0 Å². The maximum absolute atomic E-state index is 12.1. The predicted molar refractivity (Wildman–Crippen MR) is 92.9 cm³/mol. The molecular formula is C18H18N2O6. The van der Waals surface area contributed by atoms with Gasteiger partial charge >= 0.3 is 12.1 Å². The molecule has 2 rings (SSSR count). The van der Waals surface area contributed by atoms with Gasteiger partial charge in [0.2, 0.25) is 5.91 Å². The van der Waals surface area contributed by atoms with Crippen LogP contribution in [-0.2, 0) is 16.1 Å². The molecule has 0 saturated heterocycles. The van der Waals surface area contributed by atoms with Gasteiger partial charge < -0.3 is 25.6 Å². The number of carbonyl (C=O) groups excluding carboxylic acids is 2. The fourth-order valence-corrected chi connectivity index (χ4v) is 2.04. The van der Waals surface area contributed by atoms with Gasteiger partial charge in [0.1, 0.15) is 24.0 Å². The summed E-state index contributed by atoms with van der Waals surface area (Å²) < 4.78 is 5.02. The van der Waals surface area contributed by atoms with Crippen LogP contribution in [0.2, 0.25) is 0 Å². The van der Waals surface area contributed by atoms with E-state index < -0.39 is 29.8 Å². The van der Waals surface area contributed by atoms with Crippen LogP contribution in [0.3, 0.4) is 0 Å². The van der Waals surface area contributed by atoms with Gasteiger partial charge in [-0.25, -0.2) is 9.59 Å². The second kappa shape index (κ2) is 8.52. The van der Waals surface area contributed by atoms with Gasteiger partial charge in [-0.3, -0.25) is 4.79 Å². The summed E-state index contributed by atoms with van der Waals surface area (Å²) in [5.74, 6) is -2.30. The van der Waals surface area contributed by atoms with Crippen LogP contribution in [-0.4, -0.2) is 34.2 Å². The molecule has 1 atom stereocenters. The number of phenols is 1. The molecule has 2 aromatic rings. The van der Waals surface area contributed by atoms with Crippen molar-refractivity contribution in [3.8, 4) is 5.75 Å². The molecule has 0 aromatic heterocycles. The Kier molecular flexibility index (Phi) is 6.15. The molecule has 2 aromatic carbocycles. The third-order valence-electron chi connectivity index (χ3n) is 3.43. The first-order valence-electron chi connectivity index (χ1n) is 7.71. The van der Waals surface area contributed by atoms with E-state index in [-0.39, 0.29) is 17.9 Å². The Labute approximate surface area is 149 Å². The van der Waals surface area contributed by atoms with E-state index in [1.54, 1.807) is 12.1 Å². The first kappa shape index (κ1) is 18.8. The molecule has 0 saturated carbocycles. The molecule has 0 radical (unpaired) electrons. The number of benzene rings is 2. The Balaban J connectivity index is 1.88. The normalized spacial score (nSPS) is 11.3. The summed E-state index contributed by atoms with van der Waals surface area (Å²) in [6, 6.07) is 11.8. The third kappa shape index (κ3) is 5.23. The Hall–Kier alpha value is -3.55. The highest BCUT2D eigenvalue weighted by atomic mass is 16.5. The van der Waals surface area contributed by atoms with E-state index in [4.69, 9.17) is 9.84 Å². The van der Waals surface area contributed by atoms with E-state index in [1.165, 1.54) is 13.0 Å². The van der Waals surface area contributed by atoms with E-state index >= 15 is 0 Å². The highest BCUT2D eigenvalue weighted by Gasteiger charge is 2.18. The van der Waals surface area contributed by atoms with Crippen molar-refractivity contribution in [3.05, 3.63) is 59.7 Å². The number of carbonyl (C=O) groups is 3. The molecule has 136 valence electrons. The molecule has 4 N–H and O–H groups in total. The molecule has 0 aliphatic heterocycles. The molecule has 0 fully saturated rings. The quantitative estimate of drug-likeness (QED) is 0.588. The second-order valence-corrected chi connectivity index (χ2v) is 5.45. The maximum Gasteiger partial charge on any atom is 0.408 e. The number of amides is 2. The largest absolute Gasteiger partial charge is 0.507 e. The van der Waals surface area contributed by atoms with E-state index in [1.807, 2.05) is 18.2 Å². The standard InChI is InChI=1S/C18H18N2O6/c1-11(19-18(25)26-10-12-5-3-2-4-6-12)16(22)20-13-7-8-15(21)14(9-13)17(23)24/h2-9,11,21H,10H2,1H3,(H,19,25)(H,20,22)(H,23,24). The molecule has 8 nitrogen and oxygen atoms in total. The number of hydrogen-bond donors (Lipinski definition) is 4. The van der Waals surface area contributed by atoms with Gasteiger partial charge in [0.05, 0.1) is 0 Å². The Morgan fingerprint density at radius 2 is 1.81 bits per heavy atom. The number of ether oxygens (including phenoxy) is 1. The second-order valence-electron chi connectivity index (χ2n) is 5.45. The molecule has 0 heterocycles. The summed E-state index contributed by atoms with van der Waals surface area (Å²) in [6.45, 7) is 1.53. The SMILES string of the molecule is CC(NC(=O)OCc1ccccc1)C(=O)Nc1ccc(O)c(C(=O)O)c1. The van der Waals surface area contributed by atoms with Crippen molar-refractivity contribution in [3.63, 3.8) is 0 Å². The Morgan fingerprint density at radius 1 is 1.12 bits per heavy atom. The average molecular weight is 358 g/mol. The summed E-state index contributed by atoms with van der Waals surface area (Å²) in [4.78, 5) is 34.8. The topological polar surface area (TPSA) is 125 Å². The minimum absolute atomic E-state index is 0.0704. The predicted octanol–water partition coefficient (Wildman–Crippen LogP) is 2.34. The van der Waals surface area contributed by atoms with Gasteiger partial charge in [-0.1, -0.05) is 30.3 Å². The van der Waals surface area contributed by atoms with Crippen molar-refractivity contribution in [1.29, 1.82) is 0 Å². The van der Waals surface area contributed by atoms with Crippen molar-refractivity contribution in [1.82, 2.24) is 5.32 Å². The zero-order chi connectivity index (χ0) is 19.1. The zero-order valence-corrected chi connectivity index (χ0v) is 13.9. The summed E-state index contributed by atoms with van der Waals surface area (Å²) in [7, 11) is 0. The number of anilines is 1. The van der Waals surface area contributed by atoms with Crippen molar-refractivity contribution < 1.29 is 29.3 Å². The molecule has 2 amide bonds. The van der Waals surface area contributed by atoms with Crippen molar-refractivity contribution in [2.24, 2.45) is 0 Å².